The molecule has 0 aromatic heterocycles. The van der Waals surface area contributed by atoms with Gasteiger partial charge in [-0.3, -0.25) is 4.79 Å². The minimum absolute atomic E-state index is 0.0123. The molecular formula is C18H21NO5. The summed E-state index contributed by atoms with van der Waals surface area (Å²) in [5.74, 6) is 1.01. The Labute approximate surface area is 140 Å². The smallest absolute Gasteiger partial charge is 0.246 e. The number of fused-ring (bicyclic) bond motifs is 1. The Morgan fingerprint density at radius 1 is 1.08 bits per heavy atom. The van der Waals surface area contributed by atoms with Crippen molar-refractivity contribution in [1.29, 1.82) is 0 Å². The number of nitrogens with zero attached hydrogens (tertiary/aromatic N) is 1. The van der Waals surface area contributed by atoms with Crippen molar-refractivity contribution in [3.8, 4) is 11.5 Å². The average molecular weight is 331 g/mol. The molecule has 128 valence electrons. The number of carbonyl (C=O) groups excluding carboxylic acids is 1. The summed E-state index contributed by atoms with van der Waals surface area (Å²) in [4.78, 5) is 14.2. The first-order valence-corrected chi connectivity index (χ1v) is 8.39. The van der Waals surface area contributed by atoms with Crippen LogP contribution in [-0.2, 0) is 14.3 Å². The van der Waals surface area contributed by atoms with Crippen molar-refractivity contribution >= 4 is 12.0 Å². The summed E-state index contributed by atoms with van der Waals surface area (Å²) in [6, 6.07) is 5.64. The maximum atomic E-state index is 12.4. The van der Waals surface area contributed by atoms with Crippen LogP contribution in [0.25, 0.3) is 6.08 Å². The fourth-order valence-corrected chi connectivity index (χ4v) is 3.26. The molecule has 4 rings (SSSR count). The molecule has 6 heteroatoms. The molecule has 0 bridgehead atoms. The lowest BCUT2D eigenvalue weighted by molar-refractivity contribution is -0.282. The summed E-state index contributed by atoms with van der Waals surface area (Å²) in [7, 11) is 0. The van der Waals surface area contributed by atoms with E-state index >= 15 is 0 Å². The lowest BCUT2D eigenvalue weighted by Gasteiger charge is -2.43. The molecule has 0 atom stereocenters. The fourth-order valence-electron chi connectivity index (χ4n) is 3.26. The van der Waals surface area contributed by atoms with E-state index in [1.165, 1.54) is 0 Å². The van der Waals surface area contributed by atoms with Crippen LogP contribution in [0.1, 0.15) is 24.8 Å². The Morgan fingerprint density at radius 2 is 1.83 bits per heavy atom. The van der Waals surface area contributed by atoms with Gasteiger partial charge in [0.15, 0.2) is 17.3 Å². The number of benzene rings is 1. The van der Waals surface area contributed by atoms with E-state index in [1.54, 1.807) is 6.08 Å². The normalized spacial score (nSPS) is 22.2. The summed E-state index contributed by atoms with van der Waals surface area (Å²) >= 11 is 0. The fraction of sp³-hybridized carbons (Fsp3) is 0.500. The zero-order valence-corrected chi connectivity index (χ0v) is 13.5. The van der Waals surface area contributed by atoms with E-state index in [-0.39, 0.29) is 12.7 Å². The number of hydrogen-bond donors (Lipinski definition) is 0. The zero-order valence-electron chi connectivity index (χ0n) is 13.5. The molecule has 0 saturated carbocycles. The molecule has 3 heterocycles. The van der Waals surface area contributed by atoms with Crippen LogP contribution in [0, 0.1) is 0 Å². The Bertz CT molecular complexity index is 641. The minimum Gasteiger partial charge on any atom is -0.454 e. The summed E-state index contributed by atoms with van der Waals surface area (Å²) in [6.45, 7) is 3.06. The molecule has 24 heavy (non-hydrogen) atoms. The van der Waals surface area contributed by atoms with Crippen LogP contribution >= 0.6 is 0 Å². The van der Waals surface area contributed by atoms with Gasteiger partial charge in [-0.1, -0.05) is 6.07 Å². The van der Waals surface area contributed by atoms with E-state index in [0.29, 0.717) is 13.1 Å². The van der Waals surface area contributed by atoms with Crippen molar-refractivity contribution in [2.45, 2.75) is 25.0 Å². The first-order chi connectivity index (χ1) is 11.7. The second-order valence-corrected chi connectivity index (χ2v) is 6.23. The van der Waals surface area contributed by atoms with Gasteiger partial charge in [0, 0.05) is 32.0 Å². The highest BCUT2D eigenvalue weighted by atomic mass is 16.7. The lowest BCUT2D eigenvalue weighted by Crippen LogP contribution is -2.51. The average Bonchev–Trinajstić information content (AvgIpc) is 3.09. The van der Waals surface area contributed by atoms with Crippen molar-refractivity contribution in [1.82, 2.24) is 4.90 Å². The molecule has 3 aliphatic heterocycles. The van der Waals surface area contributed by atoms with Gasteiger partial charge in [0.25, 0.3) is 0 Å². The van der Waals surface area contributed by atoms with Crippen LogP contribution in [0.5, 0.6) is 11.5 Å². The van der Waals surface area contributed by atoms with E-state index in [4.69, 9.17) is 18.9 Å². The van der Waals surface area contributed by atoms with Crippen LogP contribution in [0.4, 0.5) is 0 Å². The summed E-state index contributed by atoms with van der Waals surface area (Å²) in [5, 5.41) is 0. The molecule has 0 N–H and O–H groups in total. The largest absolute Gasteiger partial charge is 0.454 e. The van der Waals surface area contributed by atoms with Crippen LogP contribution in [0.15, 0.2) is 24.3 Å². The molecule has 2 saturated heterocycles. The zero-order chi connectivity index (χ0) is 16.4. The van der Waals surface area contributed by atoms with Gasteiger partial charge in [0.05, 0.1) is 13.2 Å². The molecular weight excluding hydrogens is 310 g/mol. The van der Waals surface area contributed by atoms with Gasteiger partial charge >= 0.3 is 0 Å². The Morgan fingerprint density at radius 3 is 2.62 bits per heavy atom. The van der Waals surface area contributed by atoms with Crippen molar-refractivity contribution in [3.63, 3.8) is 0 Å². The van der Waals surface area contributed by atoms with E-state index < -0.39 is 5.79 Å². The van der Waals surface area contributed by atoms with Crippen molar-refractivity contribution in [2.24, 2.45) is 0 Å². The molecule has 1 aromatic rings. The van der Waals surface area contributed by atoms with Crippen molar-refractivity contribution in [3.05, 3.63) is 29.8 Å². The summed E-state index contributed by atoms with van der Waals surface area (Å²) in [6.07, 6.45) is 5.83. The van der Waals surface area contributed by atoms with E-state index in [9.17, 15) is 4.79 Å². The Hall–Kier alpha value is -2.05. The third-order valence-corrected chi connectivity index (χ3v) is 4.67. The molecule has 3 aliphatic rings. The number of hydrogen-bond acceptors (Lipinski definition) is 5. The topological polar surface area (TPSA) is 57.2 Å². The molecule has 2 fully saturated rings. The predicted octanol–water partition coefficient (Wildman–Crippen LogP) is 2.18. The monoisotopic (exact) mass is 331 g/mol. The summed E-state index contributed by atoms with van der Waals surface area (Å²) in [5.41, 5.74) is 0.917. The van der Waals surface area contributed by atoms with Crippen LogP contribution in [-0.4, -0.2) is 49.7 Å². The molecule has 0 unspecified atom stereocenters. The number of ether oxygens (including phenoxy) is 4. The highest BCUT2D eigenvalue weighted by Gasteiger charge is 2.39. The first-order valence-electron chi connectivity index (χ1n) is 8.39. The van der Waals surface area contributed by atoms with Gasteiger partial charge in [-0.2, -0.15) is 0 Å². The van der Waals surface area contributed by atoms with Crippen molar-refractivity contribution in [2.75, 3.05) is 33.1 Å². The minimum atomic E-state index is -0.462. The van der Waals surface area contributed by atoms with Crippen LogP contribution in [0.3, 0.4) is 0 Å². The molecule has 0 radical (unpaired) electrons. The standard InChI is InChI=1S/C18H21NO5/c20-17(5-3-14-2-4-15-16(12-14)22-13-21-15)19-8-6-18(7-9-19)23-10-1-11-24-18/h2-5,12H,1,6-11,13H2/b5-3+. The van der Waals surface area contributed by atoms with E-state index in [1.807, 2.05) is 29.2 Å². The number of piperidine rings is 1. The van der Waals surface area contributed by atoms with Gasteiger partial charge < -0.3 is 23.8 Å². The molecule has 1 aromatic carbocycles. The maximum Gasteiger partial charge on any atom is 0.246 e. The highest BCUT2D eigenvalue weighted by molar-refractivity contribution is 5.92. The molecule has 1 amide bonds. The Balaban J connectivity index is 1.35. The summed E-state index contributed by atoms with van der Waals surface area (Å²) < 4.78 is 22.2. The van der Waals surface area contributed by atoms with E-state index in [0.717, 1.165) is 49.5 Å². The van der Waals surface area contributed by atoms with Crippen LogP contribution < -0.4 is 9.47 Å². The molecule has 0 aliphatic carbocycles. The van der Waals surface area contributed by atoms with Crippen molar-refractivity contribution < 1.29 is 23.7 Å². The van der Waals surface area contributed by atoms with Crippen LogP contribution in [0.2, 0.25) is 0 Å². The van der Waals surface area contributed by atoms with Gasteiger partial charge in [-0.15, -0.1) is 0 Å². The molecule has 6 nitrogen and oxygen atoms in total. The number of amides is 1. The van der Waals surface area contributed by atoms with Gasteiger partial charge in [-0.25, -0.2) is 0 Å². The second kappa shape index (κ2) is 6.45. The van der Waals surface area contributed by atoms with Gasteiger partial charge in [0.2, 0.25) is 12.7 Å². The van der Waals surface area contributed by atoms with E-state index in [2.05, 4.69) is 0 Å². The highest BCUT2D eigenvalue weighted by Crippen LogP contribution is 2.33. The second-order valence-electron chi connectivity index (χ2n) is 6.23. The third kappa shape index (κ3) is 3.12. The van der Waals surface area contributed by atoms with Gasteiger partial charge in [0.1, 0.15) is 0 Å². The predicted molar refractivity (Wildman–Crippen MR) is 86.7 cm³/mol. The number of likely N-dealkylation sites (tertiary alicyclic amines) is 1. The lowest BCUT2D eigenvalue weighted by atomic mass is 10.0. The maximum absolute atomic E-state index is 12.4. The molecule has 1 spiro atoms. The Kier molecular flexibility index (Phi) is 4.16. The SMILES string of the molecule is O=C(/C=C/c1ccc2c(c1)OCO2)N1CCC2(CC1)OCCCO2. The quantitative estimate of drug-likeness (QED) is 0.778. The number of rotatable bonds is 2. The van der Waals surface area contributed by atoms with Gasteiger partial charge in [-0.05, 0) is 30.2 Å². The number of carbonyl (C=O) groups is 1. The third-order valence-electron chi connectivity index (χ3n) is 4.67. The first kappa shape index (κ1) is 15.5.